The van der Waals surface area contributed by atoms with E-state index in [0.717, 1.165) is 24.2 Å². The standard InChI is InChI=1S/C15H16N6O/c22-13(11-4-2-1-3-5-11)10-20(12-6-7-12)15-9-8-14-16-18-19-21(14)17-15/h1-5,8-9,12-13,22H,6-7,10H2/t13-/m0/s1. The summed E-state index contributed by atoms with van der Waals surface area (Å²) >= 11 is 0. The Hall–Kier alpha value is -2.54. The van der Waals surface area contributed by atoms with Crippen LogP contribution in [0.25, 0.3) is 5.65 Å². The zero-order valence-electron chi connectivity index (χ0n) is 11.9. The molecule has 4 rings (SSSR count). The van der Waals surface area contributed by atoms with Gasteiger partial charge in [-0.05, 0) is 41.0 Å². The zero-order chi connectivity index (χ0) is 14.9. The smallest absolute Gasteiger partial charge is 0.200 e. The molecule has 3 aromatic rings. The molecule has 0 unspecified atom stereocenters. The molecule has 1 aromatic carbocycles. The molecule has 22 heavy (non-hydrogen) atoms. The second kappa shape index (κ2) is 5.34. The number of fused-ring (bicyclic) bond motifs is 1. The van der Waals surface area contributed by atoms with E-state index in [2.05, 4.69) is 25.5 Å². The van der Waals surface area contributed by atoms with Gasteiger partial charge < -0.3 is 10.0 Å². The van der Waals surface area contributed by atoms with Crippen molar-refractivity contribution in [1.29, 1.82) is 0 Å². The number of nitrogens with zero attached hydrogens (tertiary/aromatic N) is 6. The molecule has 0 radical (unpaired) electrons. The summed E-state index contributed by atoms with van der Waals surface area (Å²) in [7, 11) is 0. The summed E-state index contributed by atoms with van der Waals surface area (Å²) in [5.41, 5.74) is 1.53. The number of anilines is 1. The maximum atomic E-state index is 10.5. The summed E-state index contributed by atoms with van der Waals surface area (Å²) in [5, 5.41) is 26.2. The van der Waals surface area contributed by atoms with Gasteiger partial charge in [0, 0.05) is 12.6 Å². The number of rotatable bonds is 5. The van der Waals surface area contributed by atoms with Crippen molar-refractivity contribution in [3.63, 3.8) is 0 Å². The van der Waals surface area contributed by atoms with Crippen LogP contribution in [0, 0.1) is 0 Å². The highest BCUT2D eigenvalue weighted by Gasteiger charge is 2.32. The van der Waals surface area contributed by atoms with Gasteiger partial charge in [-0.3, -0.25) is 0 Å². The first kappa shape index (κ1) is 13.1. The lowest BCUT2D eigenvalue weighted by Crippen LogP contribution is -2.32. The van der Waals surface area contributed by atoms with Crippen LogP contribution in [0.4, 0.5) is 5.82 Å². The quantitative estimate of drug-likeness (QED) is 0.762. The van der Waals surface area contributed by atoms with Gasteiger partial charge in [0.1, 0.15) is 0 Å². The molecule has 0 saturated heterocycles. The average Bonchev–Trinajstić information content (AvgIpc) is 3.29. The maximum absolute atomic E-state index is 10.5. The fourth-order valence-corrected chi connectivity index (χ4v) is 2.58. The van der Waals surface area contributed by atoms with Crippen molar-refractivity contribution < 1.29 is 5.11 Å². The second-order valence-corrected chi connectivity index (χ2v) is 5.53. The van der Waals surface area contributed by atoms with E-state index in [-0.39, 0.29) is 0 Å². The van der Waals surface area contributed by atoms with Gasteiger partial charge in [0.25, 0.3) is 0 Å². The summed E-state index contributed by atoms with van der Waals surface area (Å²) in [6.07, 6.45) is 1.70. The van der Waals surface area contributed by atoms with E-state index in [1.807, 2.05) is 42.5 Å². The normalized spacial score (nSPS) is 15.9. The van der Waals surface area contributed by atoms with Crippen LogP contribution in [0.2, 0.25) is 0 Å². The van der Waals surface area contributed by atoms with E-state index in [0.29, 0.717) is 18.2 Å². The van der Waals surface area contributed by atoms with Crippen LogP contribution in [0.5, 0.6) is 0 Å². The van der Waals surface area contributed by atoms with Crippen LogP contribution in [0.3, 0.4) is 0 Å². The van der Waals surface area contributed by atoms with Gasteiger partial charge in [-0.25, -0.2) is 0 Å². The van der Waals surface area contributed by atoms with Crippen molar-refractivity contribution in [3.8, 4) is 0 Å². The van der Waals surface area contributed by atoms with Gasteiger partial charge in [0.05, 0.1) is 6.10 Å². The predicted molar refractivity (Wildman–Crippen MR) is 80.3 cm³/mol. The van der Waals surface area contributed by atoms with Crippen molar-refractivity contribution in [3.05, 3.63) is 48.0 Å². The Morgan fingerprint density at radius 2 is 2.00 bits per heavy atom. The molecule has 1 aliphatic rings. The number of hydrogen-bond donors (Lipinski definition) is 1. The van der Waals surface area contributed by atoms with Crippen molar-refractivity contribution in [1.82, 2.24) is 25.3 Å². The van der Waals surface area contributed by atoms with Crippen LogP contribution < -0.4 is 4.90 Å². The molecular weight excluding hydrogens is 280 g/mol. The number of tetrazole rings is 1. The molecule has 0 aliphatic heterocycles. The number of aromatic nitrogens is 5. The Kier molecular flexibility index (Phi) is 3.19. The van der Waals surface area contributed by atoms with Crippen molar-refractivity contribution >= 4 is 11.5 Å². The molecule has 2 heterocycles. The lowest BCUT2D eigenvalue weighted by atomic mass is 10.1. The summed E-state index contributed by atoms with van der Waals surface area (Å²) < 4.78 is 1.42. The molecule has 7 heteroatoms. The molecule has 1 atom stereocenters. The topological polar surface area (TPSA) is 79.4 Å². The second-order valence-electron chi connectivity index (χ2n) is 5.53. The molecule has 1 fully saturated rings. The Bertz CT molecular complexity index is 770. The van der Waals surface area contributed by atoms with Crippen molar-refractivity contribution in [2.75, 3.05) is 11.4 Å². The molecule has 7 nitrogen and oxygen atoms in total. The first-order valence-electron chi connectivity index (χ1n) is 7.36. The van der Waals surface area contributed by atoms with E-state index in [4.69, 9.17) is 0 Å². The summed E-state index contributed by atoms with van der Waals surface area (Å²) in [5.74, 6) is 0.789. The highest BCUT2D eigenvalue weighted by Crippen LogP contribution is 2.32. The average molecular weight is 296 g/mol. The highest BCUT2D eigenvalue weighted by molar-refractivity contribution is 5.46. The Balaban J connectivity index is 1.60. The molecule has 1 saturated carbocycles. The Morgan fingerprint density at radius 1 is 1.18 bits per heavy atom. The van der Waals surface area contributed by atoms with E-state index in [1.54, 1.807) is 0 Å². The van der Waals surface area contributed by atoms with Crippen LogP contribution in [-0.4, -0.2) is 42.9 Å². The molecule has 112 valence electrons. The third-order valence-electron chi connectivity index (χ3n) is 3.89. The number of benzene rings is 1. The predicted octanol–water partition coefficient (Wildman–Crippen LogP) is 1.22. The van der Waals surface area contributed by atoms with Gasteiger partial charge in [-0.2, -0.15) is 0 Å². The monoisotopic (exact) mass is 296 g/mol. The van der Waals surface area contributed by atoms with Crippen LogP contribution in [0.1, 0.15) is 24.5 Å². The van der Waals surface area contributed by atoms with Crippen molar-refractivity contribution in [2.45, 2.75) is 25.0 Å². The maximum Gasteiger partial charge on any atom is 0.200 e. The largest absolute Gasteiger partial charge is 0.387 e. The van der Waals surface area contributed by atoms with E-state index < -0.39 is 6.10 Å². The van der Waals surface area contributed by atoms with Crippen LogP contribution >= 0.6 is 0 Å². The fraction of sp³-hybridized carbons (Fsp3) is 0.333. The van der Waals surface area contributed by atoms with Gasteiger partial charge in [0.15, 0.2) is 11.5 Å². The Morgan fingerprint density at radius 3 is 2.77 bits per heavy atom. The van der Waals surface area contributed by atoms with Crippen LogP contribution in [0.15, 0.2) is 42.5 Å². The molecule has 0 bridgehead atoms. The molecule has 0 amide bonds. The minimum atomic E-state index is -0.548. The molecule has 0 spiro atoms. The minimum Gasteiger partial charge on any atom is -0.387 e. The van der Waals surface area contributed by atoms with Crippen molar-refractivity contribution in [2.24, 2.45) is 0 Å². The summed E-state index contributed by atoms with van der Waals surface area (Å²) in [6.45, 7) is 0.509. The van der Waals surface area contributed by atoms with E-state index in [9.17, 15) is 5.11 Å². The lowest BCUT2D eigenvalue weighted by molar-refractivity contribution is 0.182. The van der Waals surface area contributed by atoms with Gasteiger partial charge in [-0.1, -0.05) is 30.3 Å². The highest BCUT2D eigenvalue weighted by atomic mass is 16.3. The molecule has 1 N–H and O–H groups in total. The van der Waals surface area contributed by atoms with Crippen LogP contribution in [-0.2, 0) is 0 Å². The third-order valence-corrected chi connectivity index (χ3v) is 3.89. The summed E-state index contributed by atoms with van der Waals surface area (Å²) in [6, 6.07) is 13.9. The first-order chi connectivity index (χ1) is 10.8. The number of hydrogen-bond acceptors (Lipinski definition) is 6. The first-order valence-corrected chi connectivity index (χ1v) is 7.36. The molecule has 2 aromatic heterocycles. The summed E-state index contributed by atoms with van der Waals surface area (Å²) in [4.78, 5) is 2.14. The number of aliphatic hydroxyl groups is 1. The third kappa shape index (κ3) is 2.50. The van der Waals surface area contributed by atoms with Gasteiger partial charge >= 0.3 is 0 Å². The fourth-order valence-electron chi connectivity index (χ4n) is 2.58. The lowest BCUT2D eigenvalue weighted by Gasteiger charge is -2.26. The zero-order valence-corrected chi connectivity index (χ0v) is 11.9. The van der Waals surface area contributed by atoms with Gasteiger partial charge in [0.2, 0.25) is 0 Å². The number of aliphatic hydroxyl groups excluding tert-OH is 1. The SMILES string of the molecule is O[C@@H](CN(c1ccc2nnnn2n1)C1CC1)c1ccccc1. The molecular formula is C15H16N6O. The van der Waals surface area contributed by atoms with E-state index in [1.165, 1.54) is 4.63 Å². The Labute approximate surface area is 127 Å². The van der Waals surface area contributed by atoms with Gasteiger partial charge in [-0.15, -0.1) is 14.8 Å². The van der Waals surface area contributed by atoms with E-state index >= 15 is 0 Å². The minimum absolute atomic E-state index is 0.430. The molecule has 1 aliphatic carbocycles.